The van der Waals surface area contributed by atoms with E-state index >= 15 is 0 Å². The monoisotopic (exact) mass is 827 g/mol. The Labute approximate surface area is 375 Å². The summed E-state index contributed by atoms with van der Waals surface area (Å²) in [5.41, 5.74) is 1.68. The maximum atomic E-state index is 6.86. The van der Waals surface area contributed by atoms with Crippen molar-refractivity contribution in [2.75, 3.05) is 0 Å². The first-order valence-corrected chi connectivity index (χ1v) is 27.6. The van der Waals surface area contributed by atoms with Crippen molar-refractivity contribution in [1.82, 2.24) is 0 Å². The molecule has 0 aliphatic rings. The predicted octanol–water partition coefficient (Wildman–Crippen LogP) is 21.6. The molecule has 0 heterocycles. The molecule has 0 aliphatic heterocycles. The highest BCUT2D eigenvalue weighted by Gasteiger charge is 2.21. The average molecular weight is 828 g/mol. The van der Waals surface area contributed by atoms with Crippen LogP contribution < -0.4 is 0 Å². The number of hydrogen-bond donors (Lipinski definition) is 0. The van der Waals surface area contributed by atoms with E-state index in [0.717, 1.165) is 29.4 Å². The van der Waals surface area contributed by atoms with E-state index in [9.17, 15) is 0 Å². The lowest BCUT2D eigenvalue weighted by Gasteiger charge is -2.25. The summed E-state index contributed by atoms with van der Waals surface area (Å²) in [4.78, 5) is 0. The van der Waals surface area contributed by atoms with E-state index in [4.69, 9.17) is 4.74 Å². The number of ether oxygens (including phenoxy) is 1. The zero-order valence-corrected chi connectivity index (χ0v) is 42.8. The van der Waals surface area contributed by atoms with Gasteiger partial charge in [-0.1, -0.05) is 280 Å². The van der Waals surface area contributed by atoms with Gasteiger partial charge in [0.05, 0.1) is 5.76 Å². The molecule has 0 aromatic rings. The zero-order valence-electron chi connectivity index (χ0n) is 42.8. The Hall–Kier alpha value is -0.720. The van der Waals surface area contributed by atoms with Crippen LogP contribution in [0.2, 0.25) is 0 Å². The Morgan fingerprint density at radius 2 is 0.508 bits per heavy atom. The molecule has 0 radical (unpaired) electrons. The van der Waals surface area contributed by atoms with Crippen molar-refractivity contribution in [3.63, 3.8) is 0 Å². The Kier molecular flexibility index (Phi) is 43.4. The third-order valence-electron chi connectivity index (χ3n) is 13.2. The van der Waals surface area contributed by atoms with Crippen LogP contribution in [-0.2, 0) is 4.74 Å². The molecule has 1 heteroatoms. The number of allylic oxidation sites excluding steroid dienone is 3. The molecular formula is C58H114O. The van der Waals surface area contributed by atoms with Crippen LogP contribution >= 0.6 is 0 Å². The van der Waals surface area contributed by atoms with E-state index < -0.39 is 0 Å². The van der Waals surface area contributed by atoms with Crippen LogP contribution in [0.25, 0.3) is 0 Å². The van der Waals surface area contributed by atoms with Crippen molar-refractivity contribution in [2.45, 2.75) is 319 Å². The van der Waals surface area contributed by atoms with Crippen LogP contribution in [0.3, 0.4) is 0 Å². The second-order valence-corrected chi connectivity index (χ2v) is 21.6. The van der Waals surface area contributed by atoms with Gasteiger partial charge in [-0.3, -0.25) is 0 Å². The Balaban J connectivity index is 5.52. The Bertz CT molecular complexity index is 833. The van der Waals surface area contributed by atoms with E-state index in [2.05, 4.69) is 68.9 Å². The van der Waals surface area contributed by atoms with Gasteiger partial charge in [0.2, 0.25) is 0 Å². The normalized spacial score (nSPS) is 12.0. The highest BCUT2D eigenvalue weighted by atomic mass is 16.5. The number of rotatable bonds is 47. The topological polar surface area (TPSA) is 9.23 Å². The molecule has 352 valence electrons. The lowest BCUT2D eigenvalue weighted by Crippen LogP contribution is -2.11. The minimum atomic E-state index is 0.574. The maximum Gasteiger partial charge on any atom is 0.106 e. The van der Waals surface area contributed by atoms with Gasteiger partial charge in [-0.25, -0.2) is 0 Å². The van der Waals surface area contributed by atoms with Crippen molar-refractivity contribution in [3.8, 4) is 0 Å². The molecule has 0 N–H and O–H groups in total. The van der Waals surface area contributed by atoms with Crippen LogP contribution in [0, 0.1) is 29.6 Å². The molecule has 0 bridgehead atoms. The van der Waals surface area contributed by atoms with Crippen LogP contribution in [-0.4, -0.2) is 0 Å². The summed E-state index contributed by atoms with van der Waals surface area (Å²) < 4.78 is 6.86. The van der Waals surface area contributed by atoms with Gasteiger partial charge in [0, 0.05) is 5.92 Å². The van der Waals surface area contributed by atoms with Gasteiger partial charge in [0.15, 0.2) is 0 Å². The summed E-state index contributed by atoms with van der Waals surface area (Å²) in [5.74, 6) is 6.32. The van der Waals surface area contributed by atoms with Crippen LogP contribution in [0.4, 0.5) is 0 Å². The summed E-state index contributed by atoms with van der Waals surface area (Å²) in [5, 5.41) is 0. The van der Waals surface area contributed by atoms with Crippen LogP contribution in [0.15, 0.2) is 23.7 Å². The molecule has 0 aromatic heterocycles. The van der Waals surface area contributed by atoms with Crippen molar-refractivity contribution >= 4 is 0 Å². The highest BCUT2D eigenvalue weighted by Crippen LogP contribution is 2.34. The van der Waals surface area contributed by atoms with E-state index in [-0.39, 0.29) is 0 Å². The van der Waals surface area contributed by atoms with Crippen molar-refractivity contribution in [2.24, 2.45) is 29.6 Å². The molecule has 0 aromatic carbocycles. The molecule has 0 rings (SSSR count). The molecule has 0 unspecified atom stereocenters. The highest BCUT2D eigenvalue weighted by molar-refractivity contribution is 5.14. The smallest absolute Gasteiger partial charge is 0.106 e. The van der Waals surface area contributed by atoms with Gasteiger partial charge in [0.1, 0.15) is 5.76 Å². The van der Waals surface area contributed by atoms with Crippen molar-refractivity contribution in [3.05, 3.63) is 23.7 Å². The summed E-state index contributed by atoms with van der Waals surface area (Å²) in [7, 11) is 0. The minimum Gasteiger partial charge on any atom is -0.467 e. The van der Waals surface area contributed by atoms with Gasteiger partial charge in [-0.2, -0.15) is 0 Å². The summed E-state index contributed by atoms with van der Waals surface area (Å²) >= 11 is 0. The second-order valence-electron chi connectivity index (χ2n) is 21.6. The van der Waals surface area contributed by atoms with Gasteiger partial charge >= 0.3 is 0 Å². The van der Waals surface area contributed by atoms with E-state index in [1.165, 1.54) is 263 Å². The second kappa shape index (κ2) is 43.9. The average Bonchev–Trinajstić information content (AvgIpc) is 3.17. The maximum absolute atomic E-state index is 6.86. The van der Waals surface area contributed by atoms with Gasteiger partial charge < -0.3 is 4.74 Å². The fraction of sp³-hybridized carbons (Fsp3) is 0.931. The van der Waals surface area contributed by atoms with E-state index in [0.29, 0.717) is 5.92 Å². The zero-order chi connectivity index (χ0) is 43.6. The van der Waals surface area contributed by atoms with E-state index in [1.54, 1.807) is 5.57 Å². The van der Waals surface area contributed by atoms with Crippen molar-refractivity contribution in [1.29, 1.82) is 0 Å². The predicted molar refractivity (Wildman–Crippen MR) is 270 cm³/mol. The summed E-state index contributed by atoms with van der Waals surface area (Å²) in [6, 6.07) is 0. The molecular weight excluding hydrogens is 713 g/mol. The summed E-state index contributed by atoms with van der Waals surface area (Å²) in [6.45, 7) is 25.4. The molecule has 0 aliphatic carbocycles. The molecule has 59 heavy (non-hydrogen) atoms. The van der Waals surface area contributed by atoms with Gasteiger partial charge in [0.25, 0.3) is 0 Å². The standard InChI is InChI=1S/C58H114O/c1-51(2)43-35-27-19-11-15-23-31-39-47-56(48-40-32-24-16-12-20-28-36-44-52(3)4)58(59-55(9)10)57(49-41-33-25-17-13-21-29-37-45-53(5)6)50-42-34-26-18-14-22-30-38-46-54(7)8/h51-54,56H,9,11-50H2,1-8,10H3. The van der Waals surface area contributed by atoms with Crippen LogP contribution in [0.1, 0.15) is 319 Å². The molecule has 0 saturated heterocycles. The lowest BCUT2D eigenvalue weighted by molar-refractivity contribution is 0.229. The quantitative estimate of drug-likeness (QED) is 0.0439. The molecule has 0 spiro atoms. The van der Waals surface area contributed by atoms with Gasteiger partial charge in [-0.15, -0.1) is 0 Å². The molecule has 1 nitrogen and oxygen atoms in total. The number of hydrogen-bond acceptors (Lipinski definition) is 1. The Morgan fingerprint density at radius 1 is 0.305 bits per heavy atom. The third kappa shape index (κ3) is 43.7. The Morgan fingerprint density at radius 3 is 0.729 bits per heavy atom. The SMILES string of the molecule is C=C(C)OC(=C(CCCCCCCCCCC(C)C)CCCCCCCCCCC(C)C)C(CCCCCCCCCCC(C)C)CCCCCCCCCCC(C)C. The first kappa shape index (κ1) is 58.3. The lowest BCUT2D eigenvalue weighted by atomic mass is 9.87. The third-order valence-corrected chi connectivity index (χ3v) is 13.2. The van der Waals surface area contributed by atoms with Crippen LogP contribution in [0.5, 0.6) is 0 Å². The largest absolute Gasteiger partial charge is 0.467 e. The molecule has 0 saturated carbocycles. The summed E-state index contributed by atoms with van der Waals surface area (Å²) in [6.07, 6.45) is 55.9. The molecule has 0 atom stereocenters. The van der Waals surface area contributed by atoms with Crippen molar-refractivity contribution < 1.29 is 4.74 Å². The molecule has 0 fully saturated rings. The fourth-order valence-corrected chi connectivity index (χ4v) is 9.32. The fourth-order valence-electron chi connectivity index (χ4n) is 9.32. The first-order valence-electron chi connectivity index (χ1n) is 27.6. The molecule has 0 amide bonds. The van der Waals surface area contributed by atoms with E-state index in [1.807, 2.05) is 0 Å². The van der Waals surface area contributed by atoms with Gasteiger partial charge in [-0.05, 0) is 74.7 Å². The first-order chi connectivity index (χ1) is 28.5. The minimum absolute atomic E-state index is 0.574. The number of unbranched alkanes of at least 4 members (excludes halogenated alkanes) is 28.